The van der Waals surface area contributed by atoms with E-state index in [0.717, 1.165) is 29.3 Å². The molecule has 0 heterocycles. The van der Waals surface area contributed by atoms with Crippen molar-refractivity contribution in [2.24, 2.45) is 0 Å². The Morgan fingerprint density at radius 1 is 1.25 bits per heavy atom. The molecule has 1 saturated carbocycles. The Morgan fingerprint density at radius 2 is 1.92 bits per heavy atom. The molecule has 1 unspecified atom stereocenters. The molecule has 1 aromatic rings. The van der Waals surface area contributed by atoms with Crippen LogP contribution in [0.4, 0.5) is 0 Å². The topological polar surface area (TPSA) is 46.5 Å². The number of rotatable bonds is 6. The number of benzene rings is 1. The maximum Gasteiger partial charge on any atom is 0.316 e. The molecule has 1 aliphatic rings. The van der Waals surface area contributed by atoms with Crippen LogP contribution >= 0.6 is 0 Å². The number of esters is 1. The van der Waals surface area contributed by atoms with Crippen LogP contribution in [0.1, 0.15) is 51.0 Å². The number of carbonyl (C=O) groups is 1. The molecule has 1 N–H and O–H groups in total. The van der Waals surface area contributed by atoms with Crippen molar-refractivity contribution in [1.82, 2.24) is 0 Å². The first kappa shape index (κ1) is 18.9. The molecule has 4 nitrogen and oxygen atoms in total. The third-order valence-electron chi connectivity index (χ3n) is 5.82. The van der Waals surface area contributed by atoms with Gasteiger partial charge in [-0.3, -0.25) is 4.79 Å². The van der Waals surface area contributed by atoms with Crippen LogP contribution < -0.4 is 0 Å². The first-order chi connectivity index (χ1) is 11.4. The van der Waals surface area contributed by atoms with Crippen LogP contribution in [0.3, 0.4) is 0 Å². The third-order valence-corrected chi connectivity index (χ3v) is 5.82. The minimum atomic E-state index is -0.584. The molecule has 0 radical (unpaired) electrons. The zero-order valence-electron chi connectivity index (χ0n) is 15.4. The summed E-state index contributed by atoms with van der Waals surface area (Å²) in [6.45, 7) is 4.27. The lowest BCUT2D eigenvalue weighted by Crippen LogP contribution is -2.55. The molecule has 1 aliphatic carbocycles. The number of hydrogen-bond donors (Lipinski definition) is 1. The number of nitrogens with zero attached hydrogens (tertiary/aromatic N) is 1. The predicted octanol–water partition coefficient (Wildman–Crippen LogP) is 3.10. The second kappa shape index (κ2) is 8.13. The first-order valence-electron chi connectivity index (χ1n) is 9.05. The van der Waals surface area contributed by atoms with E-state index < -0.39 is 5.92 Å². The molecule has 0 aliphatic heterocycles. The molecule has 0 bridgehead atoms. The summed E-state index contributed by atoms with van der Waals surface area (Å²) in [5, 5.41) is 9.63. The highest BCUT2D eigenvalue weighted by Gasteiger charge is 2.37. The standard InChI is InChI=1S/C20H32NO3/c1-15(2)21(3,4)17-11-8-12-18(13-17)24-20(23)19(14-22)16-9-6-5-7-10-16/h5-7,9-10,15,17-19,22H,8,11-14H2,1-4H3/q+1/t17-,18+,19?/m1/s1. The molecule has 134 valence electrons. The Hall–Kier alpha value is -1.39. The van der Waals surface area contributed by atoms with E-state index in [1.165, 1.54) is 6.42 Å². The summed E-state index contributed by atoms with van der Waals surface area (Å²) in [5.41, 5.74) is 0.815. The molecule has 3 atom stereocenters. The summed E-state index contributed by atoms with van der Waals surface area (Å²) < 4.78 is 6.75. The Balaban J connectivity index is 2.00. The second-order valence-corrected chi connectivity index (χ2v) is 7.75. The lowest BCUT2D eigenvalue weighted by atomic mass is 9.89. The lowest BCUT2D eigenvalue weighted by Gasteiger charge is -2.45. The molecule has 0 spiro atoms. The second-order valence-electron chi connectivity index (χ2n) is 7.75. The van der Waals surface area contributed by atoms with Gasteiger partial charge in [-0.05, 0) is 38.7 Å². The average molecular weight is 334 g/mol. The third kappa shape index (κ3) is 4.37. The van der Waals surface area contributed by atoms with Gasteiger partial charge in [-0.1, -0.05) is 30.3 Å². The van der Waals surface area contributed by atoms with Crippen LogP contribution in [0.2, 0.25) is 0 Å². The number of hydrogen-bond acceptors (Lipinski definition) is 3. The van der Waals surface area contributed by atoms with Gasteiger partial charge in [0.15, 0.2) is 0 Å². The van der Waals surface area contributed by atoms with Gasteiger partial charge < -0.3 is 14.3 Å². The Bertz CT molecular complexity index is 527. The molecule has 0 saturated heterocycles. The summed E-state index contributed by atoms with van der Waals surface area (Å²) in [6.07, 6.45) is 4.06. The predicted molar refractivity (Wildman–Crippen MR) is 95.6 cm³/mol. The molecule has 4 heteroatoms. The van der Waals surface area contributed by atoms with Crippen LogP contribution in [0.25, 0.3) is 0 Å². The summed E-state index contributed by atoms with van der Waals surface area (Å²) >= 11 is 0. The average Bonchev–Trinajstić information content (AvgIpc) is 2.56. The Kier molecular flexibility index (Phi) is 6.41. The maximum absolute atomic E-state index is 12.5. The largest absolute Gasteiger partial charge is 0.462 e. The molecule has 1 aromatic carbocycles. The highest BCUT2D eigenvalue weighted by molar-refractivity contribution is 5.78. The fourth-order valence-corrected chi connectivity index (χ4v) is 3.50. The van der Waals surface area contributed by atoms with Crippen molar-refractivity contribution in [3.05, 3.63) is 35.9 Å². The molecular formula is C20H32NO3+. The van der Waals surface area contributed by atoms with Gasteiger partial charge in [0.05, 0.1) is 32.8 Å². The number of quaternary nitrogens is 1. The molecular weight excluding hydrogens is 302 g/mol. The highest BCUT2D eigenvalue weighted by atomic mass is 16.5. The van der Waals surface area contributed by atoms with Gasteiger partial charge in [0.2, 0.25) is 0 Å². The summed E-state index contributed by atoms with van der Waals surface area (Å²) in [6, 6.07) is 10.4. The minimum absolute atomic E-state index is 0.0369. The van der Waals surface area contributed by atoms with Gasteiger partial charge in [0.25, 0.3) is 0 Å². The lowest BCUT2D eigenvalue weighted by molar-refractivity contribution is -0.936. The number of carbonyl (C=O) groups excluding carboxylic acids is 1. The van der Waals surface area contributed by atoms with Gasteiger partial charge in [0, 0.05) is 6.42 Å². The van der Waals surface area contributed by atoms with Crippen molar-refractivity contribution in [2.45, 2.75) is 63.6 Å². The summed E-state index contributed by atoms with van der Waals surface area (Å²) in [4.78, 5) is 12.5. The highest BCUT2D eigenvalue weighted by Crippen LogP contribution is 2.30. The normalized spacial score (nSPS) is 23.1. The SMILES string of the molecule is CC(C)[N+](C)(C)[C@@H]1CCC[C@H](OC(=O)C(CO)c2ccccc2)C1. The van der Waals surface area contributed by atoms with Crippen LogP contribution in [0, 0.1) is 0 Å². The van der Waals surface area contributed by atoms with E-state index in [1.807, 2.05) is 30.3 Å². The zero-order valence-corrected chi connectivity index (χ0v) is 15.4. The smallest absolute Gasteiger partial charge is 0.316 e. The number of aliphatic hydroxyl groups excluding tert-OH is 1. The van der Waals surface area contributed by atoms with Crippen molar-refractivity contribution in [3.63, 3.8) is 0 Å². The monoisotopic (exact) mass is 334 g/mol. The number of ether oxygens (including phenoxy) is 1. The van der Waals surface area contributed by atoms with E-state index in [-0.39, 0.29) is 18.7 Å². The van der Waals surface area contributed by atoms with Gasteiger partial charge >= 0.3 is 5.97 Å². The molecule has 2 rings (SSSR count). The van der Waals surface area contributed by atoms with E-state index in [2.05, 4.69) is 27.9 Å². The van der Waals surface area contributed by atoms with E-state index in [4.69, 9.17) is 4.74 Å². The molecule has 0 aromatic heterocycles. The number of aliphatic hydroxyl groups is 1. The molecule has 24 heavy (non-hydrogen) atoms. The van der Waals surface area contributed by atoms with E-state index in [9.17, 15) is 9.90 Å². The quantitative estimate of drug-likeness (QED) is 0.642. The minimum Gasteiger partial charge on any atom is -0.462 e. The fourth-order valence-electron chi connectivity index (χ4n) is 3.50. The summed E-state index contributed by atoms with van der Waals surface area (Å²) in [7, 11) is 4.53. The van der Waals surface area contributed by atoms with Crippen LogP contribution in [-0.4, -0.2) is 54.4 Å². The van der Waals surface area contributed by atoms with Crippen molar-refractivity contribution < 1.29 is 19.1 Å². The maximum atomic E-state index is 12.5. The van der Waals surface area contributed by atoms with Crippen molar-refractivity contribution in [3.8, 4) is 0 Å². The Labute approximate surface area is 146 Å². The zero-order chi connectivity index (χ0) is 17.7. The van der Waals surface area contributed by atoms with Gasteiger partial charge in [-0.2, -0.15) is 0 Å². The van der Waals surface area contributed by atoms with Crippen LogP contribution in [-0.2, 0) is 9.53 Å². The first-order valence-corrected chi connectivity index (χ1v) is 9.05. The van der Waals surface area contributed by atoms with E-state index >= 15 is 0 Å². The molecule has 0 amide bonds. The van der Waals surface area contributed by atoms with Gasteiger partial charge in [0.1, 0.15) is 12.0 Å². The fraction of sp³-hybridized carbons (Fsp3) is 0.650. The van der Waals surface area contributed by atoms with Gasteiger partial charge in [-0.15, -0.1) is 0 Å². The Morgan fingerprint density at radius 3 is 2.50 bits per heavy atom. The van der Waals surface area contributed by atoms with Crippen LogP contribution in [0.15, 0.2) is 30.3 Å². The van der Waals surface area contributed by atoms with Crippen molar-refractivity contribution in [1.29, 1.82) is 0 Å². The van der Waals surface area contributed by atoms with Crippen molar-refractivity contribution in [2.75, 3.05) is 20.7 Å². The van der Waals surface area contributed by atoms with Crippen molar-refractivity contribution >= 4 is 5.97 Å². The van der Waals surface area contributed by atoms with Crippen LogP contribution in [0.5, 0.6) is 0 Å². The molecule has 1 fully saturated rings. The van der Waals surface area contributed by atoms with E-state index in [1.54, 1.807) is 0 Å². The summed E-state index contributed by atoms with van der Waals surface area (Å²) in [5.74, 6) is -0.886. The van der Waals surface area contributed by atoms with Gasteiger partial charge in [-0.25, -0.2) is 0 Å². The van der Waals surface area contributed by atoms with E-state index in [0.29, 0.717) is 12.1 Å².